The molecule has 0 atom stereocenters. The SMILES string of the molecule is O=C(O)Cn1ccc(NC(=O)C2(c3cc(C(F)(F)F)ccc3Cl)CC2)n1. The van der Waals surface area contributed by atoms with Crippen molar-refractivity contribution in [2.75, 3.05) is 5.32 Å². The van der Waals surface area contributed by atoms with Gasteiger partial charge >= 0.3 is 12.1 Å². The number of aliphatic carboxylic acids is 1. The topological polar surface area (TPSA) is 84.2 Å². The van der Waals surface area contributed by atoms with Gasteiger partial charge in [-0.25, -0.2) is 0 Å². The van der Waals surface area contributed by atoms with Gasteiger partial charge in [-0.2, -0.15) is 18.3 Å². The molecule has 1 aromatic carbocycles. The molecule has 0 bridgehead atoms. The van der Waals surface area contributed by atoms with E-state index in [9.17, 15) is 22.8 Å². The lowest BCUT2D eigenvalue weighted by Gasteiger charge is -2.18. The number of carbonyl (C=O) groups is 2. The molecule has 2 aromatic rings. The van der Waals surface area contributed by atoms with Crippen molar-refractivity contribution in [1.29, 1.82) is 0 Å². The Bertz CT molecular complexity index is 875. The summed E-state index contributed by atoms with van der Waals surface area (Å²) in [5.41, 5.74) is -1.90. The van der Waals surface area contributed by atoms with Crippen LogP contribution in [-0.4, -0.2) is 26.8 Å². The number of hydrogen-bond acceptors (Lipinski definition) is 3. The Morgan fingerprint density at radius 2 is 2.00 bits per heavy atom. The minimum Gasteiger partial charge on any atom is -0.480 e. The summed E-state index contributed by atoms with van der Waals surface area (Å²) < 4.78 is 40.0. The van der Waals surface area contributed by atoms with E-state index in [2.05, 4.69) is 10.4 Å². The number of nitrogens with one attached hydrogen (secondary N) is 1. The van der Waals surface area contributed by atoms with E-state index in [1.807, 2.05) is 0 Å². The van der Waals surface area contributed by atoms with E-state index >= 15 is 0 Å². The molecular weight excluding hydrogens is 375 g/mol. The number of rotatable bonds is 5. The standard InChI is InChI=1S/C16H13ClF3N3O3/c17-11-2-1-9(16(18,19)20)7-10(11)15(4-5-15)14(26)21-12-3-6-23(22-12)8-13(24)25/h1-3,6-7H,4-5,8H2,(H,24,25)(H,21,22,26). The number of amides is 1. The van der Waals surface area contributed by atoms with Crippen LogP contribution in [0.25, 0.3) is 0 Å². The van der Waals surface area contributed by atoms with Gasteiger partial charge in [-0.1, -0.05) is 11.6 Å². The van der Waals surface area contributed by atoms with Crippen molar-refractivity contribution in [3.63, 3.8) is 0 Å². The van der Waals surface area contributed by atoms with E-state index in [1.165, 1.54) is 12.3 Å². The largest absolute Gasteiger partial charge is 0.480 e. The number of carbonyl (C=O) groups excluding carboxylic acids is 1. The highest BCUT2D eigenvalue weighted by atomic mass is 35.5. The van der Waals surface area contributed by atoms with Gasteiger partial charge < -0.3 is 10.4 Å². The van der Waals surface area contributed by atoms with Crippen LogP contribution in [0.15, 0.2) is 30.5 Å². The molecule has 1 fully saturated rings. The van der Waals surface area contributed by atoms with Crippen LogP contribution in [0.5, 0.6) is 0 Å². The van der Waals surface area contributed by atoms with Crippen LogP contribution in [-0.2, 0) is 27.7 Å². The molecule has 1 aliphatic carbocycles. The maximum atomic E-state index is 13.0. The normalized spacial score (nSPS) is 15.5. The molecule has 0 radical (unpaired) electrons. The number of halogens is 4. The quantitative estimate of drug-likeness (QED) is 0.824. The molecule has 2 N–H and O–H groups in total. The highest BCUT2D eigenvalue weighted by Gasteiger charge is 2.53. The van der Waals surface area contributed by atoms with Gasteiger partial charge in [0.15, 0.2) is 5.82 Å². The van der Waals surface area contributed by atoms with Gasteiger partial charge in [-0.05, 0) is 36.6 Å². The molecule has 0 spiro atoms. The van der Waals surface area contributed by atoms with Crippen molar-refractivity contribution < 1.29 is 27.9 Å². The lowest BCUT2D eigenvalue weighted by Crippen LogP contribution is -2.29. The highest BCUT2D eigenvalue weighted by Crippen LogP contribution is 2.52. The van der Waals surface area contributed by atoms with Gasteiger partial charge in [0.25, 0.3) is 0 Å². The predicted octanol–water partition coefficient (Wildman–Crippen LogP) is 3.31. The third-order valence-electron chi connectivity index (χ3n) is 4.17. The van der Waals surface area contributed by atoms with Gasteiger partial charge in [0, 0.05) is 17.3 Å². The monoisotopic (exact) mass is 387 g/mol. The lowest BCUT2D eigenvalue weighted by atomic mass is 9.93. The Kier molecular flexibility index (Phi) is 4.43. The number of aromatic nitrogens is 2. The number of carboxylic acids is 1. The zero-order valence-electron chi connectivity index (χ0n) is 13.2. The predicted molar refractivity (Wildman–Crippen MR) is 85.9 cm³/mol. The number of benzene rings is 1. The van der Waals surface area contributed by atoms with Crippen molar-refractivity contribution in [3.8, 4) is 0 Å². The molecule has 1 heterocycles. The minimum absolute atomic E-state index is 0.0852. The average Bonchev–Trinajstić information content (AvgIpc) is 3.23. The van der Waals surface area contributed by atoms with Gasteiger partial charge in [0.2, 0.25) is 5.91 Å². The lowest BCUT2D eigenvalue weighted by molar-refractivity contribution is -0.138. The Labute approximate surface area is 150 Å². The Hall–Kier alpha value is -2.55. The Morgan fingerprint density at radius 3 is 2.58 bits per heavy atom. The van der Waals surface area contributed by atoms with Crippen molar-refractivity contribution in [1.82, 2.24) is 9.78 Å². The first-order chi connectivity index (χ1) is 12.1. The minimum atomic E-state index is -4.54. The third-order valence-corrected chi connectivity index (χ3v) is 4.50. The van der Waals surface area contributed by atoms with Gasteiger partial charge in [0.05, 0.1) is 11.0 Å². The maximum absolute atomic E-state index is 13.0. The molecular formula is C16H13ClF3N3O3. The molecule has 1 amide bonds. The van der Waals surface area contributed by atoms with Crippen LogP contribution in [0.2, 0.25) is 5.02 Å². The van der Waals surface area contributed by atoms with E-state index in [4.69, 9.17) is 16.7 Å². The molecule has 138 valence electrons. The Morgan fingerprint density at radius 1 is 1.31 bits per heavy atom. The fourth-order valence-electron chi connectivity index (χ4n) is 2.70. The van der Waals surface area contributed by atoms with E-state index < -0.39 is 29.0 Å². The third kappa shape index (κ3) is 3.52. The Balaban J connectivity index is 1.83. The number of carboxylic acid groups (broad SMARTS) is 1. The molecule has 0 aliphatic heterocycles. The smallest absolute Gasteiger partial charge is 0.416 e. The zero-order valence-corrected chi connectivity index (χ0v) is 13.9. The maximum Gasteiger partial charge on any atom is 0.416 e. The number of anilines is 1. The van der Waals surface area contributed by atoms with Crippen LogP contribution < -0.4 is 5.32 Å². The summed E-state index contributed by atoms with van der Waals surface area (Å²) in [4.78, 5) is 23.3. The average molecular weight is 388 g/mol. The number of hydrogen-bond donors (Lipinski definition) is 2. The van der Waals surface area contributed by atoms with Crippen LogP contribution in [0.4, 0.5) is 19.0 Å². The molecule has 10 heteroatoms. The summed E-state index contributed by atoms with van der Waals surface area (Å²) in [6.07, 6.45) is -2.45. The first kappa shape index (κ1) is 18.2. The molecule has 0 saturated heterocycles. The fraction of sp³-hybridized carbons (Fsp3) is 0.312. The van der Waals surface area contributed by atoms with Crippen molar-refractivity contribution in [3.05, 3.63) is 46.6 Å². The highest BCUT2D eigenvalue weighted by molar-refractivity contribution is 6.32. The van der Waals surface area contributed by atoms with Crippen molar-refractivity contribution in [2.45, 2.75) is 31.0 Å². The van der Waals surface area contributed by atoms with Crippen molar-refractivity contribution >= 4 is 29.3 Å². The van der Waals surface area contributed by atoms with Crippen LogP contribution in [0.3, 0.4) is 0 Å². The van der Waals surface area contributed by atoms with Crippen LogP contribution >= 0.6 is 11.6 Å². The second kappa shape index (κ2) is 6.31. The van der Waals surface area contributed by atoms with Gasteiger partial charge in [-0.15, -0.1) is 0 Å². The molecule has 26 heavy (non-hydrogen) atoms. The summed E-state index contributed by atoms with van der Waals surface area (Å²) in [6, 6.07) is 4.31. The second-order valence-corrected chi connectivity index (χ2v) is 6.43. The van der Waals surface area contributed by atoms with Crippen LogP contribution in [0, 0.1) is 0 Å². The van der Waals surface area contributed by atoms with Gasteiger partial charge in [0.1, 0.15) is 6.54 Å². The van der Waals surface area contributed by atoms with E-state index in [1.54, 1.807) is 0 Å². The summed E-state index contributed by atoms with van der Waals surface area (Å²) >= 11 is 6.05. The van der Waals surface area contributed by atoms with Crippen LogP contribution in [0.1, 0.15) is 24.0 Å². The molecule has 1 saturated carbocycles. The molecule has 3 rings (SSSR count). The number of nitrogens with zero attached hydrogens (tertiary/aromatic N) is 2. The molecule has 1 aliphatic rings. The molecule has 6 nitrogen and oxygen atoms in total. The summed E-state index contributed by atoms with van der Waals surface area (Å²) in [5, 5.41) is 15.2. The summed E-state index contributed by atoms with van der Waals surface area (Å²) in [6.45, 7) is -0.375. The molecule has 1 aromatic heterocycles. The molecule has 0 unspecified atom stereocenters. The van der Waals surface area contributed by atoms with E-state index in [-0.39, 0.29) is 22.9 Å². The van der Waals surface area contributed by atoms with Gasteiger partial charge in [-0.3, -0.25) is 14.3 Å². The fourth-order valence-corrected chi connectivity index (χ4v) is 3.00. The summed E-state index contributed by atoms with van der Waals surface area (Å²) in [7, 11) is 0. The zero-order chi connectivity index (χ0) is 19.1. The first-order valence-electron chi connectivity index (χ1n) is 7.56. The second-order valence-electron chi connectivity index (χ2n) is 6.02. The van der Waals surface area contributed by atoms with E-state index in [0.29, 0.717) is 12.8 Å². The van der Waals surface area contributed by atoms with E-state index in [0.717, 1.165) is 22.9 Å². The number of alkyl halides is 3. The first-order valence-corrected chi connectivity index (χ1v) is 7.93. The summed E-state index contributed by atoms with van der Waals surface area (Å²) in [5.74, 6) is -1.51. The van der Waals surface area contributed by atoms with Crippen molar-refractivity contribution in [2.24, 2.45) is 0 Å².